The molecule has 3 atom stereocenters. The zero-order valence-electron chi connectivity index (χ0n) is 24.9. The second-order valence-electron chi connectivity index (χ2n) is 10.8. The number of methoxy groups -OCH3 is 1. The van der Waals surface area contributed by atoms with Crippen LogP contribution in [-0.4, -0.2) is 55.1 Å². The lowest BCUT2D eigenvalue weighted by Gasteiger charge is -2.49. The maximum Gasteiger partial charge on any atom is 0.416 e. The first-order valence-electron chi connectivity index (χ1n) is 14.4. The van der Waals surface area contributed by atoms with Crippen molar-refractivity contribution in [2.75, 3.05) is 18.6 Å². The van der Waals surface area contributed by atoms with Crippen LogP contribution in [0.5, 0.6) is 0 Å². The van der Waals surface area contributed by atoms with E-state index in [1.165, 1.54) is 48.5 Å². The van der Waals surface area contributed by atoms with Crippen molar-refractivity contribution in [2.24, 2.45) is 5.92 Å². The van der Waals surface area contributed by atoms with Crippen molar-refractivity contribution in [3.8, 4) is 5.69 Å². The van der Waals surface area contributed by atoms with Gasteiger partial charge in [-0.25, -0.2) is 13.9 Å². The maximum atomic E-state index is 14.4. The van der Waals surface area contributed by atoms with Crippen LogP contribution < -0.4 is 10.2 Å². The number of para-hydroxylation sites is 1. The number of likely N-dealkylation sites (N-methyl/N-ethyl adjacent to an activating group) is 1. The van der Waals surface area contributed by atoms with E-state index in [1.807, 2.05) is 6.07 Å². The van der Waals surface area contributed by atoms with Crippen LogP contribution in [-0.2, 0) is 32.2 Å². The molecular formula is C33H29BF4N4O4. The predicted octanol–water partition coefficient (Wildman–Crippen LogP) is 5.12. The van der Waals surface area contributed by atoms with Gasteiger partial charge in [-0.3, -0.25) is 14.5 Å². The monoisotopic (exact) mass is 632 g/mol. The second-order valence-corrected chi connectivity index (χ2v) is 10.8. The van der Waals surface area contributed by atoms with Crippen LogP contribution in [0, 0.1) is 5.92 Å². The maximum absolute atomic E-state index is 14.4. The van der Waals surface area contributed by atoms with E-state index >= 15 is 0 Å². The Labute approximate surface area is 263 Å². The first kappa shape index (κ1) is 32.5. The van der Waals surface area contributed by atoms with Crippen molar-refractivity contribution >= 4 is 31.4 Å². The summed E-state index contributed by atoms with van der Waals surface area (Å²) in [6, 6.07) is 11.2. The SMILES string of the molecule is [B][C@@]1(C2C=CC(F)=CC2)c2c(C/C=C/C(=O)OC)nn(-c3ccccc3)c2N(CC)C(=O)[C@H]1NC(=O)c1cccc(C(F)(F)F)c1. The molecule has 0 saturated carbocycles. The summed E-state index contributed by atoms with van der Waals surface area (Å²) in [5, 5.41) is 5.68. The summed E-state index contributed by atoms with van der Waals surface area (Å²) < 4.78 is 60.9. The summed E-state index contributed by atoms with van der Waals surface area (Å²) in [7, 11) is 8.53. The summed E-state index contributed by atoms with van der Waals surface area (Å²) in [5.74, 6) is -3.16. The number of carbonyl (C=O) groups is 3. The van der Waals surface area contributed by atoms with E-state index in [-0.39, 0.29) is 24.9 Å². The van der Waals surface area contributed by atoms with Crippen molar-refractivity contribution < 1.29 is 36.7 Å². The molecule has 1 aromatic heterocycles. The number of hydrogen-bond acceptors (Lipinski definition) is 5. The van der Waals surface area contributed by atoms with Gasteiger partial charge < -0.3 is 10.1 Å². The summed E-state index contributed by atoms with van der Waals surface area (Å²) in [6.45, 7) is 1.83. The van der Waals surface area contributed by atoms with Crippen LogP contribution in [0.4, 0.5) is 23.4 Å². The van der Waals surface area contributed by atoms with E-state index in [2.05, 4.69) is 5.32 Å². The molecule has 46 heavy (non-hydrogen) atoms. The first-order valence-corrected chi connectivity index (χ1v) is 14.4. The van der Waals surface area contributed by atoms with Crippen molar-refractivity contribution in [1.29, 1.82) is 0 Å². The Morgan fingerprint density at radius 3 is 2.54 bits per heavy atom. The van der Waals surface area contributed by atoms with E-state index in [9.17, 15) is 31.9 Å². The van der Waals surface area contributed by atoms with Gasteiger partial charge in [0.2, 0.25) is 0 Å². The van der Waals surface area contributed by atoms with E-state index in [1.54, 1.807) is 35.9 Å². The summed E-state index contributed by atoms with van der Waals surface area (Å²) in [5.41, 5.74) is -0.0650. The first-order chi connectivity index (χ1) is 21.9. The lowest BCUT2D eigenvalue weighted by molar-refractivity contribution is -0.137. The molecule has 1 aliphatic carbocycles. The topological polar surface area (TPSA) is 93.5 Å². The number of hydrogen-bond donors (Lipinski definition) is 1. The Hall–Kier alpha value is -4.94. The average molecular weight is 632 g/mol. The minimum atomic E-state index is -4.70. The summed E-state index contributed by atoms with van der Waals surface area (Å²) >= 11 is 0. The number of nitrogens with zero attached hydrogens (tertiary/aromatic N) is 3. The molecule has 2 heterocycles. The highest BCUT2D eigenvalue weighted by Crippen LogP contribution is 2.49. The van der Waals surface area contributed by atoms with Gasteiger partial charge in [0.05, 0.1) is 31.9 Å². The molecular weight excluding hydrogens is 603 g/mol. The lowest BCUT2D eigenvalue weighted by Crippen LogP contribution is -2.65. The minimum Gasteiger partial charge on any atom is -0.466 e. The minimum absolute atomic E-state index is 0.0432. The molecule has 1 aliphatic heterocycles. The van der Waals surface area contributed by atoms with Gasteiger partial charge in [-0.05, 0) is 67.1 Å². The van der Waals surface area contributed by atoms with Crippen LogP contribution in [0.2, 0.25) is 0 Å². The molecule has 0 fully saturated rings. The Morgan fingerprint density at radius 2 is 1.91 bits per heavy atom. The fourth-order valence-electron chi connectivity index (χ4n) is 5.87. The number of carbonyl (C=O) groups excluding carboxylic acids is 3. The normalized spacial score (nSPS) is 21.2. The third kappa shape index (κ3) is 6.01. The third-order valence-corrected chi connectivity index (χ3v) is 8.09. The highest BCUT2D eigenvalue weighted by atomic mass is 19.4. The zero-order valence-corrected chi connectivity index (χ0v) is 24.9. The molecule has 2 aromatic carbocycles. The molecule has 3 aromatic rings. The van der Waals surface area contributed by atoms with Gasteiger partial charge in [0.1, 0.15) is 17.7 Å². The number of alkyl halides is 3. The van der Waals surface area contributed by atoms with Gasteiger partial charge in [0, 0.05) is 30.2 Å². The molecule has 13 heteroatoms. The number of esters is 1. The fourth-order valence-corrected chi connectivity index (χ4v) is 5.87. The molecule has 8 nitrogen and oxygen atoms in total. The molecule has 236 valence electrons. The molecule has 2 aliphatic rings. The van der Waals surface area contributed by atoms with Gasteiger partial charge in [-0.15, -0.1) is 0 Å². The zero-order chi connectivity index (χ0) is 33.2. The molecule has 0 spiro atoms. The average Bonchev–Trinajstić information content (AvgIpc) is 3.43. The van der Waals surface area contributed by atoms with Crippen LogP contribution in [0.3, 0.4) is 0 Å². The van der Waals surface area contributed by atoms with Gasteiger partial charge in [-0.1, -0.05) is 36.4 Å². The number of amides is 2. The van der Waals surface area contributed by atoms with Crippen LogP contribution in [0.1, 0.15) is 40.5 Å². The van der Waals surface area contributed by atoms with Crippen LogP contribution in [0.15, 0.2) is 90.8 Å². The van der Waals surface area contributed by atoms with E-state index in [0.29, 0.717) is 28.8 Å². The lowest BCUT2D eigenvalue weighted by atomic mass is 9.50. The highest BCUT2D eigenvalue weighted by molar-refractivity contribution is 6.23. The van der Waals surface area contributed by atoms with Crippen LogP contribution in [0.25, 0.3) is 5.69 Å². The third-order valence-electron chi connectivity index (χ3n) is 8.09. The largest absolute Gasteiger partial charge is 0.466 e. The van der Waals surface area contributed by atoms with Gasteiger partial charge in [0.25, 0.3) is 11.8 Å². The Morgan fingerprint density at radius 1 is 1.17 bits per heavy atom. The van der Waals surface area contributed by atoms with Crippen molar-refractivity contribution in [3.63, 3.8) is 0 Å². The van der Waals surface area contributed by atoms with Gasteiger partial charge in [0.15, 0.2) is 0 Å². The quantitative estimate of drug-likeness (QED) is 0.161. The number of rotatable bonds is 8. The summed E-state index contributed by atoms with van der Waals surface area (Å²) in [6.07, 6.45) is 2.14. The van der Waals surface area contributed by atoms with Gasteiger partial charge >= 0.3 is 12.1 Å². The number of ether oxygens (including phenoxy) is 1. The highest BCUT2D eigenvalue weighted by Gasteiger charge is 2.55. The molecule has 5 rings (SSSR count). The number of halogens is 4. The molecule has 0 bridgehead atoms. The smallest absolute Gasteiger partial charge is 0.416 e. The van der Waals surface area contributed by atoms with E-state index in [4.69, 9.17) is 17.7 Å². The van der Waals surface area contributed by atoms with Crippen molar-refractivity contribution in [1.82, 2.24) is 15.1 Å². The number of nitrogens with one attached hydrogen (secondary N) is 1. The number of allylic oxidation sites excluding steroid dienone is 5. The Bertz CT molecular complexity index is 1750. The fraction of sp³-hybridized carbons (Fsp3) is 0.273. The van der Waals surface area contributed by atoms with Crippen molar-refractivity contribution in [3.05, 3.63) is 113 Å². The number of anilines is 1. The Balaban J connectivity index is 1.72. The predicted molar refractivity (Wildman–Crippen MR) is 163 cm³/mol. The number of benzene rings is 2. The Kier molecular flexibility index (Phi) is 9.04. The molecule has 2 radical (unpaired) electrons. The standard InChI is InChI=1S/C33H29BF4N4O4/c1-3-41-30-27(25(13-8-14-26(43)46-2)40-42(30)24-11-5-4-6-12-24)32(34,21-15-17-23(35)18-16-21)28(31(41)45)39-29(44)20-9-7-10-22(19-20)33(36,37)38/h4-12,14-15,17-19,21,28H,3,13,16H2,1-2H3,(H,39,44)/b14-8+/t21?,28-,32+/m1/s1. The summed E-state index contributed by atoms with van der Waals surface area (Å²) in [4.78, 5) is 41.2. The van der Waals surface area contributed by atoms with Crippen molar-refractivity contribution in [2.45, 2.75) is 37.3 Å². The van der Waals surface area contributed by atoms with Crippen LogP contribution >= 0.6 is 0 Å². The van der Waals surface area contributed by atoms with E-state index in [0.717, 1.165) is 12.1 Å². The number of fused-ring (bicyclic) bond motifs is 1. The molecule has 1 unspecified atom stereocenters. The molecule has 2 amide bonds. The number of aromatic nitrogens is 2. The molecule has 1 N–H and O–H groups in total. The molecule has 0 saturated heterocycles. The second kappa shape index (κ2) is 12.8. The van der Waals surface area contributed by atoms with Gasteiger partial charge in [-0.2, -0.15) is 18.3 Å². The van der Waals surface area contributed by atoms with E-state index < -0.39 is 52.6 Å².